The van der Waals surface area contributed by atoms with E-state index in [0.717, 1.165) is 0 Å². The molecule has 102 valence electrons. The van der Waals surface area contributed by atoms with E-state index < -0.39 is 12.1 Å². The van der Waals surface area contributed by atoms with Crippen molar-refractivity contribution in [3.05, 3.63) is 23.2 Å². The highest BCUT2D eigenvalue weighted by Gasteiger charge is 2.31. The van der Waals surface area contributed by atoms with E-state index in [1.807, 2.05) is 0 Å². The molecule has 2 amide bonds. The van der Waals surface area contributed by atoms with E-state index in [4.69, 9.17) is 21.4 Å². The van der Waals surface area contributed by atoms with Crippen molar-refractivity contribution in [3.8, 4) is 5.75 Å². The van der Waals surface area contributed by atoms with Crippen LogP contribution in [-0.2, 0) is 4.79 Å². The maximum Gasteiger partial charge on any atom is 0.404 e. The molecule has 1 aliphatic rings. The Morgan fingerprint density at radius 2 is 2.32 bits per heavy atom. The molecule has 0 radical (unpaired) electrons. The van der Waals surface area contributed by atoms with Crippen LogP contribution in [0.25, 0.3) is 0 Å². The van der Waals surface area contributed by atoms with E-state index in [0.29, 0.717) is 23.0 Å². The maximum atomic E-state index is 11.9. The third kappa shape index (κ3) is 2.90. The van der Waals surface area contributed by atoms with Crippen LogP contribution in [0, 0.1) is 0 Å². The summed E-state index contributed by atoms with van der Waals surface area (Å²) in [5.41, 5.74) is 0.640. The summed E-state index contributed by atoms with van der Waals surface area (Å²) in [6.45, 7) is 0.302. The molecular formula is C12H13ClN2O4. The predicted octanol–water partition coefficient (Wildman–Crippen LogP) is 1.72. The van der Waals surface area contributed by atoms with Gasteiger partial charge in [0.25, 0.3) is 0 Å². The first kappa shape index (κ1) is 13.5. The van der Waals surface area contributed by atoms with E-state index in [-0.39, 0.29) is 12.3 Å². The largest absolute Gasteiger partial charge is 0.495 e. The SMILES string of the molecule is COc1cc(N2CC(NC(=O)O)CC2=O)ccc1Cl. The summed E-state index contributed by atoms with van der Waals surface area (Å²) in [6.07, 6.45) is -0.981. The van der Waals surface area contributed by atoms with Gasteiger partial charge in [-0.05, 0) is 12.1 Å². The smallest absolute Gasteiger partial charge is 0.404 e. The second-order valence-corrected chi connectivity index (χ2v) is 4.58. The molecule has 1 saturated heterocycles. The number of halogens is 1. The van der Waals surface area contributed by atoms with E-state index in [1.165, 1.54) is 12.0 Å². The Hall–Kier alpha value is -1.95. The summed E-state index contributed by atoms with van der Waals surface area (Å²) < 4.78 is 5.09. The molecule has 19 heavy (non-hydrogen) atoms. The molecule has 1 aromatic rings. The number of carboxylic acid groups (broad SMARTS) is 1. The summed E-state index contributed by atoms with van der Waals surface area (Å²) in [5.74, 6) is 0.338. The van der Waals surface area contributed by atoms with E-state index >= 15 is 0 Å². The Bertz CT molecular complexity index is 520. The number of carbonyl (C=O) groups is 2. The van der Waals surface area contributed by atoms with Gasteiger partial charge >= 0.3 is 6.09 Å². The Morgan fingerprint density at radius 3 is 2.95 bits per heavy atom. The van der Waals surface area contributed by atoms with Gasteiger partial charge in [-0.25, -0.2) is 4.79 Å². The second-order valence-electron chi connectivity index (χ2n) is 4.17. The average molecular weight is 285 g/mol. The summed E-state index contributed by atoms with van der Waals surface area (Å²) in [4.78, 5) is 24.0. The Balaban J connectivity index is 2.18. The van der Waals surface area contributed by atoms with Crippen LogP contribution >= 0.6 is 11.6 Å². The first-order valence-corrected chi connectivity index (χ1v) is 6.02. The number of nitrogens with zero attached hydrogens (tertiary/aromatic N) is 1. The van der Waals surface area contributed by atoms with E-state index in [9.17, 15) is 9.59 Å². The highest BCUT2D eigenvalue weighted by atomic mass is 35.5. The molecule has 1 fully saturated rings. The number of nitrogens with one attached hydrogen (secondary N) is 1. The quantitative estimate of drug-likeness (QED) is 0.886. The molecular weight excluding hydrogens is 272 g/mol. The van der Waals surface area contributed by atoms with Crippen LogP contribution in [0.3, 0.4) is 0 Å². The standard InChI is InChI=1S/C12H13ClN2O4/c1-19-10-5-8(2-3-9(10)13)15-6-7(4-11(15)16)14-12(17)18/h2-3,5,7,14H,4,6H2,1H3,(H,17,18). The van der Waals surface area contributed by atoms with Gasteiger partial charge in [0.1, 0.15) is 5.75 Å². The van der Waals surface area contributed by atoms with Crippen molar-refractivity contribution in [2.45, 2.75) is 12.5 Å². The fraction of sp³-hybridized carbons (Fsp3) is 0.333. The number of methoxy groups -OCH3 is 1. The molecule has 1 atom stereocenters. The number of benzene rings is 1. The van der Waals surface area contributed by atoms with Crippen LogP contribution < -0.4 is 15.0 Å². The van der Waals surface area contributed by atoms with Gasteiger partial charge in [-0.1, -0.05) is 11.6 Å². The third-order valence-corrected chi connectivity index (χ3v) is 3.21. The highest BCUT2D eigenvalue weighted by Crippen LogP contribution is 2.31. The van der Waals surface area contributed by atoms with Crippen LogP contribution in [0.1, 0.15) is 6.42 Å². The Labute approximate surface area is 114 Å². The van der Waals surface area contributed by atoms with Gasteiger partial charge in [0.05, 0.1) is 18.2 Å². The topological polar surface area (TPSA) is 78.9 Å². The van der Waals surface area contributed by atoms with Gasteiger partial charge in [-0.15, -0.1) is 0 Å². The van der Waals surface area contributed by atoms with E-state index in [1.54, 1.807) is 18.2 Å². The molecule has 2 rings (SSSR count). The first-order valence-electron chi connectivity index (χ1n) is 5.64. The van der Waals surface area contributed by atoms with Crippen molar-refractivity contribution in [3.63, 3.8) is 0 Å². The monoisotopic (exact) mass is 284 g/mol. The molecule has 0 spiro atoms. The minimum Gasteiger partial charge on any atom is -0.495 e. The maximum absolute atomic E-state index is 11.9. The van der Waals surface area contributed by atoms with Gasteiger partial charge in [0.15, 0.2) is 0 Å². The zero-order valence-corrected chi connectivity index (χ0v) is 11.0. The van der Waals surface area contributed by atoms with Gasteiger partial charge in [-0.2, -0.15) is 0 Å². The summed E-state index contributed by atoms with van der Waals surface area (Å²) >= 11 is 5.92. The number of amides is 2. The number of rotatable bonds is 3. The molecule has 1 heterocycles. The normalized spacial score (nSPS) is 18.5. The molecule has 1 aliphatic heterocycles. The minimum atomic E-state index is -1.13. The third-order valence-electron chi connectivity index (χ3n) is 2.90. The number of anilines is 1. The molecule has 0 bridgehead atoms. The minimum absolute atomic E-state index is 0.136. The Kier molecular flexibility index (Phi) is 3.80. The zero-order valence-electron chi connectivity index (χ0n) is 10.2. The van der Waals surface area contributed by atoms with Crippen molar-refractivity contribution >= 4 is 29.3 Å². The lowest BCUT2D eigenvalue weighted by Crippen LogP contribution is -2.36. The molecule has 6 nitrogen and oxygen atoms in total. The predicted molar refractivity (Wildman–Crippen MR) is 69.9 cm³/mol. The fourth-order valence-electron chi connectivity index (χ4n) is 2.04. The summed E-state index contributed by atoms with van der Waals surface area (Å²) in [5, 5.41) is 11.4. The summed E-state index contributed by atoms with van der Waals surface area (Å²) in [6, 6.07) is 4.60. The van der Waals surface area contributed by atoms with Crippen molar-refractivity contribution in [1.82, 2.24) is 5.32 Å². The number of carbonyl (C=O) groups excluding carboxylic acids is 1. The van der Waals surface area contributed by atoms with Gasteiger partial charge in [0.2, 0.25) is 5.91 Å². The van der Waals surface area contributed by atoms with Crippen molar-refractivity contribution in [1.29, 1.82) is 0 Å². The van der Waals surface area contributed by atoms with Crippen LogP contribution in [0.4, 0.5) is 10.5 Å². The number of hydrogen-bond donors (Lipinski definition) is 2. The fourth-order valence-corrected chi connectivity index (χ4v) is 2.24. The summed E-state index contributed by atoms with van der Waals surface area (Å²) in [7, 11) is 1.49. The molecule has 0 aromatic heterocycles. The average Bonchev–Trinajstić information content (AvgIpc) is 2.70. The lowest BCUT2D eigenvalue weighted by molar-refractivity contribution is -0.117. The van der Waals surface area contributed by atoms with Crippen molar-refractivity contribution in [2.24, 2.45) is 0 Å². The van der Waals surface area contributed by atoms with Crippen LogP contribution in [0.5, 0.6) is 5.75 Å². The van der Waals surface area contributed by atoms with Crippen molar-refractivity contribution < 1.29 is 19.4 Å². The molecule has 1 aromatic carbocycles. The molecule has 1 unspecified atom stereocenters. The first-order chi connectivity index (χ1) is 9.01. The number of hydrogen-bond acceptors (Lipinski definition) is 3. The van der Waals surface area contributed by atoms with Crippen LogP contribution in [-0.4, -0.2) is 36.8 Å². The van der Waals surface area contributed by atoms with Gasteiger partial charge in [-0.3, -0.25) is 4.79 Å². The Morgan fingerprint density at radius 1 is 1.58 bits per heavy atom. The van der Waals surface area contributed by atoms with Crippen molar-refractivity contribution in [2.75, 3.05) is 18.6 Å². The molecule has 7 heteroatoms. The zero-order chi connectivity index (χ0) is 14.0. The van der Waals surface area contributed by atoms with E-state index in [2.05, 4.69) is 5.32 Å². The molecule has 0 saturated carbocycles. The molecule has 2 N–H and O–H groups in total. The second kappa shape index (κ2) is 5.36. The lowest BCUT2D eigenvalue weighted by Gasteiger charge is -2.18. The van der Waals surface area contributed by atoms with Gasteiger partial charge < -0.3 is 20.1 Å². The van der Waals surface area contributed by atoms with Crippen LogP contribution in [0.15, 0.2) is 18.2 Å². The lowest BCUT2D eigenvalue weighted by atomic mass is 10.2. The molecule has 0 aliphatic carbocycles. The highest BCUT2D eigenvalue weighted by molar-refractivity contribution is 6.32. The van der Waals surface area contributed by atoms with Gasteiger partial charge in [0, 0.05) is 24.7 Å². The van der Waals surface area contributed by atoms with Crippen LogP contribution in [0.2, 0.25) is 5.02 Å². The number of ether oxygens (including phenoxy) is 1.